The minimum atomic E-state index is -0.838. The molecule has 0 fully saturated rings. The number of amides is 1. The zero-order valence-electron chi connectivity index (χ0n) is 10.7. The molecule has 0 saturated carbocycles. The third-order valence-electron chi connectivity index (χ3n) is 2.83. The molecule has 0 unspecified atom stereocenters. The smallest absolute Gasteiger partial charge is 0.309 e. The summed E-state index contributed by atoms with van der Waals surface area (Å²) in [5.74, 6) is -0.861. The van der Waals surface area contributed by atoms with E-state index in [0.717, 1.165) is 6.42 Å². The Morgan fingerprint density at radius 2 is 2.17 bits per heavy atom. The lowest BCUT2D eigenvalue weighted by molar-refractivity contribution is -0.147. The molecule has 1 heterocycles. The highest BCUT2D eigenvalue weighted by Gasteiger charge is 2.26. The molecule has 1 aromatic heterocycles. The largest absolute Gasteiger partial charge is 0.481 e. The van der Waals surface area contributed by atoms with Crippen molar-refractivity contribution < 1.29 is 14.7 Å². The van der Waals surface area contributed by atoms with Crippen LogP contribution in [0.15, 0.2) is 17.5 Å². The van der Waals surface area contributed by atoms with Gasteiger partial charge in [0.1, 0.15) is 0 Å². The van der Waals surface area contributed by atoms with E-state index in [-0.39, 0.29) is 5.91 Å². The summed E-state index contributed by atoms with van der Waals surface area (Å²) in [6.07, 6.45) is 1.63. The fourth-order valence-corrected chi connectivity index (χ4v) is 2.11. The summed E-state index contributed by atoms with van der Waals surface area (Å²) in [6.45, 7) is 3.73. The molecule has 0 aliphatic heterocycles. The van der Waals surface area contributed by atoms with Crippen molar-refractivity contribution in [2.24, 2.45) is 5.41 Å². The predicted octanol–water partition coefficient (Wildman–Crippen LogP) is 2.30. The Bertz CT molecular complexity index is 398. The molecule has 2 N–H and O–H groups in total. The fraction of sp³-hybridized carbons (Fsp3) is 0.538. The minimum absolute atomic E-state index is 0.0235. The number of nitrogens with one attached hydrogen (secondary N) is 1. The van der Waals surface area contributed by atoms with Gasteiger partial charge in [-0.2, -0.15) is 0 Å². The molecule has 0 aliphatic carbocycles. The molecule has 1 rings (SSSR count). The van der Waals surface area contributed by atoms with Crippen LogP contribution in [0.25, 0.3) is 0 Å². The Morgan fingerprint density at radius 1 is 1.44 bits per heavy atom. The molecule has 0 spiro atoms. The number of rotatable bonds is 7. The van der Waals surface area contributed by atoms with Crippen molar-refractivity contribution in [1.29, 1.82) is 0 Å². The lowest BCUT2D eigenvalue weighted by Gasteiger charge is -2.18. The minimum Gasteiger partial charge on any atom is -0.481 e. The molecule has 0 aliphatic rings. The molecule has 100 valence electrons. The van der Waals surface area contributed by atoms with Gasteiger partial charge in [0, 0.05) is 17.8 Å². The maximum Gasteiger partial charge on any atom is 0.309 e. The number of thiophene rings is 1. The van der Waals surface area contributed by atoms with E-state index in [9.17, 15) is 9.59 Å². The SMILES string of the molecule is CC(C)(CCNC(=O)CCc1cccs1)C(=O)O. The second-order valence-corrected chi connectivity index (χ2v) is 5.90. The van der Waals surface area contributed by atoms with Crippen molar-refractivity contribution in [2.75, 3.05) is 6.54 Å². The van der Waals surface area contributed by atoms with Gasteiger partial charge in [0.2, 0.25) is 5.91 Å². The van der Waals surface area contributed by atoms with E-state index in [0.29, 0.717) is 19.4 Å². The number of carboxylic acid groups (broad SMARTS) is 1. The molecule has 0 radical (unpaired) electrons. The molecule has 0 saturated heterocycles. The van der Waals surface area contributed by atoms with E-state index in [1.165, 1.54) is 4.88 Å². The topological polar surface area (TPSA) is 66.4 Å². The summed E-state index contributed by atoms with van der Waals surface area (Å²) in [5.41, 5.74) is -0.791. The lowest BCUT2D eigenvalue weighted by atomic mass is 9.90. The number of carbonyl (C=O) groups excluding carboxylic acids is 1. The maximum atomic E-state index is 11.5. The van der Waals surface area contributed by atoms with Gasteiger partial charge in [-0.05, 0) is 38.1 Å². The molecule has 1 amide bonds. The summed E-state index contributed by atoms with van der Waals surface area (Å²) >= 11 is 1.64. The first-order valence-corrected chi connectivity index (χ1v) is 6.82. The van der Waals surface area contributed by atoms with Gasteiger partial charge in [0.15, 0.2) is 0 Å². The van der Waals surface area contributed by atoms with E-state index in [4.69, 9.17) is 5.11 Å². The highest BCUT2D eigenvalue weighted by molar-refractivity contribution is 7.09. The Morgan fingerprint density at radius 3 is 2.72 bits per heavy atom. The Kier molecular flexibility index (Phi) is 5.34. The summed E-state index contributed by atoms with van der Waals surface area (Å²) in [7, 11) is 0. The van der Waals surface area contributed by atoms with Gasteiger partial charge in [-0.15, -0.1) is 11.3 Å². The average molecular weight is 269 g/mol. The van der Waals surface area contributed by atoms with Crippen molar-refractivity contribution in [2.45, 2.75) is 33.1 Å². The Labute approximate surface area is 111 Å². The third kappa shape index (κ3) is 4.87. The number of aliphatic carboxylic acids is 1. The second-order valence-electron chi connectivity index (χ2n) is 4.87. The van der Waals surface area contributed by atoms with Crippen LogP contribution < -0.4 is 5.32 Å². The number of aryl methyl sites for hydroxylation is 1. The Hall–Kier alpha value is -1.36. The van der Waals surface area contributed by atoms with E-state index >= 15 is 0 Å². The average Bonchev–Trinajstić information content (AvgIpc) is 2.78. The van der Waals surface area contributed by atoms with Crippen molar-refractivity contribution in [3.63, 3.8) is 0 Å². The molecular weight excluding hydrogens is 250 g/mol. The van der Waals surface area contributed by atoms with Crippen molar-refractivity contribution in [1.82, 2.24) is 5.32 Å². The number of carbonyl (C=O) groups is 2. The second kappa shape index (κ2) is 6.54. The van der Waals surface area contributed by atoms with Gasteiger partial charge < -0.3 is 10.4 Å². The molecule has 18 heavy (non-hydrogen) atoms. The quantitative estimate of drug-likeness (QED) is 0.798. The normalized spacial score (nSPS) is 11.2. The van der Waals surface area contributed by atoms with Crippen LogP contribution in [0.5, 0.6) is 0 Å². The highest BCUT2D eigenvalue weighted by Crippen LogP contribution is 2.19. The van der Waals surface area contributed by atoms with Crippen LogP contribution in [0.2, 0.25) is 0 Å². The highest BCUT2D eigenvalue weighted by atomic mass is 32.1. The van der Waals surface area contributed by atoms with E-state index in [1.54, 1.807) is 25.2 Å². The molecule has 1 aromatic rings. The van der Waals surface area contributed by atoms with Crippen LogP contribution in [0.1, 0.15) is 31.6 Å². The zero-order valence-corrected chi connectivity index (χ0v) is 11.5. The van der Waals surface area contributed by atoms with Crippen LogP contribution >= 0.6 is 11.3 Å². The zero-order chi connectivity index (χ0) is 13.6. The van der Waals surface area contributed by atoms with Gasteiger partial charge in [0.25, 0.3) is 0 Å². The van der Waals surface area contributed by atoms with Gasteiger partial charge in [-0.3, -0.25) is 9.59 Å². The van der Waals surface area contributed by atoms with E-state index in [1.807, 2.05) is 17.5 Å². The summed E-state index contributed by atoms with van der Waals surface area (Å²) in [4.78, 5) is 23.6. The number of hydrogen-bond donors (Lipinski definition) is 2. The standard InChI is InChI=1S/C13H19NO3S/c1-13(2,12(16)17)7-8-14-11(15)6-5-10-4-3-9-18-10/h3-4,9H,5-8H2,1-2H3,(H,14,15)(H,16,17). The molecule has 0 atom stereocenters. The first kappa shape index (κ1) is 14.7. The first-order valence-electron chi connectivity index (χ1n) is 5.94. The molecule has 4 nitrogen and oxygen atoms in total. The summed E-state index contributed by atoms with van der Waals surface area (Å²) in [6, 6.07) is 3.97. The fourth-order valence-electron chi connectivity index (χ4n) is 1.40. The molecule has 5 heteroatoms. The van der Waals surface area contributed by atoms with Crippen molar-refractivity contribution >= 4 is 23.2 Å². The van der Waals surface area contributed by atoms with Crippen LogP contribution in [0, 0.1) is 5.41 Å². The van der Waals surface area contributed by atoms with Crippen LogP contribution in [-0.2, 0) is 16.0 Å². The van der Waals surface area contributed by atoms with Crippen LogP contribution in [0.3, 0.4) is 0 Å². The Balaban J connectivity index is 2.20. The first-order chi connectivity index (χ1) is 8.42. The number of hydrogen-bond acceptors (Lipinski definition) is 3. The van der Waals surface area contributed by atoms with E-state index in [2.05, 4.69) is 5.32 Å². The summed E-state index contributed by atoms with van der Waals surface area (Å²) in [5, 5.41) is 13.7. The predicted molar refractivity (Wildman–Crippen MR) is 71.7 cm³/mol. The molecule has 0 aromatic carbocycles. The van der Waals surface area contributed by atoms with Gasteiger partial charge in [-0.1, -0.05) is 6.07 Å². The van der Waals surface area contributed by atoms with Crippen LogP contribution in [0.4, 0.5) is 0 Å². The summed E-state index contributed by atoms with van der Waals surface area (Å²) < 4.78 is 0. The maximum absolute atomic E-state index is 11.5. The van der Waals surface area contributed by atoms with Crippen LogP contribution in [-0.4, -0.2) is 23.5 Å². The van der Waals surface area contributed by atoms with E-state index < -0.39 is 11.4 Å². The molecular formula is C13H19NO3S. The lowest BCUT2D eigenvalue weighted by Crippen LogP contribution is -2.32. The van der Waals surface area contributed by atoms with Crippen molar-refractivity contribution in [3.05, 3.63) is 22.4 Å². The van der Waals surface area contributed by atoms with Crippen molar-refractivity contribution in [3.8, 4) is 0 Å². The van der Waals surface area contributed by atoms with Gasteiger partial charge >= 0.3 is 5.97 Å². The molecule has 0 bridgehead atoms. The third-order valence-corrected chi connectivity index (χ3v) is 3.77. The van der Waals surface area contributed by atoms with Gasteiger partial charge in [-0.25, -0.2) is 0 Å². The van der Waals surface area contributed by atoms with Gasteiger partial charge in [0.05, 0.1) is 5.41 Å². The number of carboxylic acids is 1. The monoisotopic (exact) mass is 269 g/mol.